The number of esters is 1. The van der Waals surface area contributed by atoms with Crippen LogP contribution in [0.15, 0.2) is 12.2 Å². The molecule has 0 aromatic rings. The number of cyclic esters (lactones) is 1. The second-order valence-electron chi connectivity index (χ2n) is 7.03. The monoisotopic (exact) mass is 284 g/mol. The van der Waals surface area contributed by atoms with Gasteiger partial charge in [0.15, 0.2) is 8.32 Å². The minimum atomic E-state index is -1.85. The zero-order valence-corrected chi connectivity index (χ0v) is 13.3. The fraction of sp³-hybridized carbons (Fsp3) is 0.786. The van der Waals surface area contributed by atoms with Crippen LogP contribution in [0.1, 0.15) is 20.8 Å². The summed E-state index contributed by atoms with van der Waals surface area (Å²) in [5, 5.41) is 10.0. The van der Waals surface area contributed by atoms with Crippen molar-refractivity contribution in [1.82, 2.24) is 0 Å². The summed E-state index contributed by atoms with van der Waals surface area (Å²) in [7, 11) is -1.85. The smallest absolute Gasteiger partial charge is 0.313 e. The molecule has 0 saturated carbocycles. The second-order valence-corrected chi connectivity index (χ2v) is 11.8. The molecule has 0 aromatic heterocycles. The molecule has 19 heavy (non-hydrogen) atoms. The molecule has 108 valence electrons. The molecule has 0 spiro atoms. The minimum Gasteiger partial charge on any atom is -0.459 e. The first-order valence-electron chi connectivity index (χ1n) is 6.84. The first-order chi connectivity index (χ1) is 8.63. The van der Waals surface area contributed by atoms with Crippen molar-refractivity contribution in [2.24, 2.45) is 11.8 Å². The van der Waals surface area contributed by atoms with Gasteiger partial charge in [-0.25, -0.2) is 0 Å². The normalized spacial score (nSPS) is 34.5. The molecule has 0 aromatic carbocycles. The lowest BCUT2D eigenvalue weighted by molar-refractivity contribution is -0.144. The lowest BCUT2D eigenvalue weighted by atomic mass is 9.92. The molecule has 1 aliphatic heterocycles. The second kappa shape index (κ2) is 4.72. The Kier molecular flexibility index (Phi) is 3.66. The van der Waals surface area contributed by atoms with Gasteiger partial charge in [0, 0.05) is 5.92 Å². The maximum atomic E-state index is 11.7. The highest BCUT2D eigenvalue weighted by atomic mass is 28.4. The van der Waals surface area contributed by atoms with Crippen LogP contribution >= 0.6 is 0 Å². The first kappa shape index (κ1) is 14.7. The van der Waals surface area contributed by atoms with Gasteiger partial charge < -0.3 is 14.3 Å². The van der Waals surface area contributed by atoms with E-state index in [1.165, 1.54) is 0 Å². The molecular formula is C14H24O4Si. The van der Waals surface area contributed by atoms with E-state index in [2.05, 4.69) is 33.9 Å². The van der Waals surface area contributed by atoms with Crippen LogP contribution in [0.4, 0.5) is 0 Å². The molecule has 0 amide bonds. The first-order valence-corrected chi connectivity index (χ1v) is 9.75. The van der Waals surface area contributed by atoms with Gasteiger partial charge in [-0.1, -0.05) is 32.9 Å². The van der Waals surface area contributed by atoms with Crippen LogP contribution in [0.3, 0.4) is 0 Å². The minimum absolute atomic E-state index is 0.127. The number of hydrogen-bond acceptors (Lipinski definition) is 4. The molecule has 1 heterocycles. The van der Waals surface area contributed by atoms with Crippen molar-refractivity contribution < 1.29 is 19.1 Å². The number of carbonyl (C=O) groups excluding carboxylic acids is 1. The van der Waals surface area contributed by atoms with Crippen molar-refractivity contribution in [2.75, 3.05) is 6.61 Å². The van der Waals surface area contributed by atoms with E-state index in [0.717, 1.165) is 0 Å². The van der Waals surface area contributed by atoms with Crippen molar-refractivity contribution >= 4 is 14.3 Å². The number of aliphatic hydroxyl groups excluding tert-OH is 1. The summed E-state index contributed by atoms with van der Waals surface area (Å²) in [5.74, 6) is -0.693. The Hall–Kier alpha value is -0.653. The van der Waals surface area contributed by atoms with Gasteiger partial charge in [0.1, 0.15) is 6.10 Å². The van der Waals surface area contributed by atoms with E-state index >= 15 is 0 Å². The molecule has 1 aliphatic carbocycles. The van der Waals surface area contributed by atoms with Crippen molar-refractivity contribution in [2.45, 2.75) is 51.1 Å². The van der Waals surface area contributed by atoms with E-state index in [0.29, 0.717) is 6.61 Å². The van der Waals surface area contributed by atoms with Gasteiger partial charge in [-0.15, -0.1) is 0 Å². The Morgan fingerprint density at radius 3 is 2.58 bits per heavy atom. The Bertz CT molecular complexity index is 397. The van der Waals surface area contributed by atoms with Gasteiger partial charge in [0.05, 0.1) is 18.6 Å². The maximum absolute atomic E-state index is 11.7. The Labute approximate surface area is 115 Å². The summed E-state index contributed by atoms with van der Waals surface area (Å²) in [6.07, 6.45) is 2.53. The number of carbonyl (C=O) groups is 1. The predicted octanol–water partition coefficient (Wildman–Crippen LogP) is 2.10. The molecule has 0 radical (unpaired) electrons. The van der Waals surface area contributed by atoms with Gasteiger partial charge in [0.25, 0.3) is 0 Å². The van der Waals surface area contributed by atoms with E-state index < -0.39 is 14.4 Å². The fourth-order valence-electron chi connectivity index (χ4n) is 2.35. The molecule has 1 fully saturated rings. The van der Waals surface area contributed by atoms with Crippen LogP contribution in [0.5, 0.6) is 0 Å². The van der Waals surface area contributed by atoms with Gasteiger partial charge in [-0.05, 0) is 18.1 Å². The molecule has 0 unspecified atom stereocenters. The fourth-order valence-corrected chi connectivity index (χ4v) is 3.36. The van der Waals surface area contributed by atoms with Crippen LogP contribution in [-0.2, 0) is 14.0 Å². The van der Waals surface area contributed by atoms with Crippen LogP contribution in [-0.4, -0.2) is 38.2 Å². The molecule has 1 saturated heterocycles. The number of fused-ring (bicyclic) bond motifs is 1. The van der Waals surface area contributed by atoms with Crippen molar-refractivity contribution in [3.63, 3.8) is 0 Å². The van der Waals surface area contributed by atoms with Gasteiger partial charge in [0.2, 0.25) is 0 Å². The number of ether oxygens (including phenoxy) is 1. The third-order valence-corrected chi connectivity index (χ3v) is 9.21. The zero-order chi connectivity index (χ0) is 14.4. The molecule has 2 rings (SSSR count). The summed E-state index contributed by atoms with van der Waals surface area (Å²) in [4.78, 5) is 11.7. The number of aliphatic hydroxyl groups is 1. The molecule has 4 atom stereocenters. The summed E-state index contributed by atoms with van der Waals surface area (Å²) in [6.45, 7) is 11.3. The van der Waals surface area contributed by atoms with Crippen molar-refractivity contribution in [3.05, 3.63) is 12.2 Å². The van der Waals surface area contributed by atoms with E-state index in [9.17, 15) is 9.90 Å². The number of hydrogen-bond donors (Lipinski definition) is 1. The van der Waals surface area contributed by atoms with Crippen LogP contribution in [0.2, 0.25) is 18.1 Å². The summed E-state index contributed by atoms with van der Waals surface area (Å²) in [6, 6.07) is 0. The topological polar surface area (TPSA) is 55.8 Å². The Morgan fingerprint density at radius 1 is 1.37 bits per heavy atom. The predicted molar refractivity (Wildman–Crippen MR) is 75.2 cm³/mol. The highest BCUT2D eigenvalue weighted by Gasteiger charge is 2.50. The zero-order valence-electron chi connectivity index (χ0n) is 12.3. The molecule has 1 N–H and O–H groups in total. The molecule has 0 bridgehead atoms. The molecule has 2 aliphatic rings. The van der Waals surface area contributed by atoms with E-state index in [1.807, 2.05) is 0 Å². The summed E-state index contributed by atoms with van der Waals surface area (Å²) >= 11 is 0. The summed E-state index contributed by atoms with van der Waals surface area (Å²) in [5.41, 5.74) is 0. The third-order valence-electron chi connectivity index (χ3n) is 4.71. The summed E-state index contributed by atoms with van der Waals surface area (Å²) < 4.78 is 11.5. The maximum Gasteiger partial charge on any atom is 0.313 e. The van der Waals surface area contributed by atoms with E-state index in [1.54, 1.807) is 12.2 Å². The lowest BCUT2D eigenvalue weighted by Crippen LogP contribution is -2.44. The number of rotatable bonds is 3. The SMILES string of the molecule is CC(C)(C)[Si](C)(C)OC[C@@H]1OC(=O)[C@H]2C=C[C@H](O)[C@@H]12. The highest BCUT2D eigenvalue weighted by Crippen LogP contribution is 2.40. The van der Waals surface area contributed by atoms with Gasteiger partial charge in [-0.3, -0.25) is 4.79 Å². The quantitative estimate of drug-likeness (QED) is 0.490. The Morgan fingerprint density at radius 2 is 2.00 bits per heavy atom. The average molecular weight is 284 g/mol. The van der Waals surface area contributed by atoms with Crippen molar-refractivity contribution in [3.8, 4) is 0 Å². The van der Waals surface area contributed by atoms with E-state index in [4.69, 9.17) is 9.16 Å². The Balaban J connectivity index is 2.00. The van der Waals surface area contributed by atoms with Crippen LogP contribution < -0.4 is 0 Å². The average Bonchev–Trinajstić information content (AvgIpc) is 2.78. The highest BCUT2D eigenvalue weighted by molar-refractivity contribution is 6.74. The van der Waals surface area contributed by atoms with Crippen LogP contribution in [0, 0.1) is 11.8 Å². The van der Waals surface area contributed by atoms with Gasteiger partial charge >= 0.3 is 5.97 Å². The molecule has 4 nitrogen and oxygen atoms in total. The van der Waals surface area contributed by atoms with Gasteiger partial charge in [-0.2, -0.15) is 0 Å². The molecule has 5 heteroatoms. The van der Waals surface area contributed by atoms with E-state index in [-0.39, 0.29) is 28.9 Å². The largest absolute Gasteiger partial charge is 0.459 e. The van der Waals surface area contributed by atoms with Crippen LogP contribution in [0.25, 0.3) is 0 Å². The molecular weight excluding hydrogens is 260 g/mol. The standard InChI is InChI=1S/C14H24O4Si/c1-14(2,3)19(4,5)17-8-11-12-9(13(16)18-11)6-7-10(12)15/h6-7,9-12,15H,8H2,1-5H3/t9-,10-,11-,12-/m0/s1. The third kappa shape index (κ3) is 2.64. The van der Waals surface area contributed by atoms with Crippen molar-refractivity contribution in [1.29, 1.82) is 0 Å². The lowest BCUT2D eigenvalue weighted by Gasteiger charge is -2.37.